The first-order valence-corrected chi connectivity index (χ1v) is 12.0. The van der Waals surface area contributed by atoms with Gasteiger partial charge in [0.2, 0.25) is 0 Å². The molecule has 4 rings (SSSR count). The van der Waals surface area contributed by atoms with Gasteiger partial charge in [0.1, 0.15) is 12.4 Å². The van der Waals surface area contributed by atoms with E-state index in [-0.39, 0.29) is 30.9 Å². The Balaban J connectivity index is 0.00000193. The molecule has 1 saturated carbocycles. The molecule has 1 N–H and O–H groups in total. The van der Waals surface area contributed by atoms with E-state index in [4.69, 9.17) is 16.3 Å². The minimum Gasteiger partial charge on any atom is -0.487 e. The molecule has 1 aliphatic heterocycles. The fraction of sp³-hybridized carbons (Fsp3) is 0.538. The third kappa shape index (κ3) is 7.74. The predicted molar refractivity (Wildman–Crippen MR) is 141 cm³/mol. The van der Waals surface area contributed by atoms with Gasteiger partial charge in [0, 0.05) is 32.2 Å². The Labute approximate surface area is 216 Å². The summed E-state index contributed by atoms with van der Waals surface area (Å²) in [6.07, 6.45) is 6.07. The Hall–Kier alpha value is -1.01. The zero-order valence-corrected chi connectivity index (χ0v) is 21.8. The monoisotopic (exact) mass is 514 g/mol. The molecule has 1 aliphatic carbocycles. The summed E-state index contributed by atoms with van der Waals surface area (Å²) >= 11 is 6.66. The van der Waals surface area contributed by atoms with Crippen LogP contribution in [-0.4, -0.2) is 53.7 Å². The van der Waals surface area contributed by atoms with E-state index in [0.29, 0.717) is 17.4 Å². The van der Waals surface area contributed by atoms with Crippen LogP contribution in [0.2, 0.25) is 5.02 Å². The molecule has 2 aromatic carbocycles. The zero-order valence-electron chi connectivity index (χ0n) is 19.4. The minimum absolute atomic E-state index is 0. The molecular formula is C26H37Cl3N2O2. The van der Waals surface area contributed by atoms with E-state index in [2.05, 4.69) is 41.1 Å². The SMILES string of the molecule is CN1CCN(C(CC2(O)CCCCC2)c2ccc(OCc3ccccc3)c(Cl)c2)CC1.Cl.Cl. The highest BCUT2D eigenvalue weighted by Crippen LogP contribution is 2.40. The van der Waals surface area contributed by atoms with Crippen LogP contribution in [0.1, 0.15) is 55.7 Å². The largest absolute Gasteiger partial charge is 0.487 e. The van der Waals surface area contributed by atoms with Crippen LogP contribution in [0.3, 0.4) is 0 Å². The summed E-state index contributed by atoms with van der Waals surface area (Å²) in [7, 11) is 2.18. The van der Waals surface area contributed by atoms with Crippen molar-refractivity contribution in [1.29, 1.82) is 0 Å². The van der Waals surface area contributed by atoms with Gasteiger partial charge in [-0.25, -0.2) is 0 Å². The summed E-state index contributed by atoms with van der Waals surface area (Å²) in [5.74, 6) is 0.711. The van der Waals surface area contributed by atoms with Gasteiger partial charge >= 0.3 is 0 Å². The van der Waals surface area contributed by atoms with E-state index >= 15 is 0 Å². The van der Waals surface area contributed by atoms with Crippen molar-refractivity contribution in [2.75, 3.05) is 33.2 Å². The lowest BCUT2D eigenvalue weighted by Gasteiger charge is -2.43. The highest BCUT2D eigenvalue weighted by molar-refractivity contribution is 6.32. The van der Waals surface area contributed by atoms with Crippen molar-refractivity contribution < 1.29 is 9.84 Å². The summed E-state index contributed by atoms with van der Waals surface area (Å²) in [4.78, 5) is 4.90. The molecule has 1 unspecified atom stereocenters. The second-order valence-electron chi connectivity index (χ2n) is 9.31. The summed E-state index contributed by atoms with van der Waals surface area (Å²) in [6.45, 7) is 4.64. The zero-order chi connectivity index (χ0) is 21.7. The number of rotatable bonds is 7. The van der Waals surface area contributed by atoms with Crippen LogP contribution >= 0.6 is 36.4 Å². The number of benzene rings is 2. The average Bonchev–Trinajstić information content (AvgIpc) is 2.78. The van der Waals surface area contributed by atoms with Crippen LogP contribution < -0.4 is 4.74 Å². The number of hydrogen-bond donors (Lipinski definition) is 1. The molecule has 1 saturated heterocycles. The number of piperazine rings is 1. The standard InChI is InChI=1S/C26H35ClN2O2.2ClH/c1-28-14-16-29(17-15-28)24(19-26(30)12-6-3-7-13-26)22-10-11-25(23(27)18-22)31-20-21-8-4-2-5-9-21;;/h2,4-5,8-11,18,24,30H,3,6-7,12-17,19-20H2,1H3;2*1H. The summed E-state index contributed by atoms with van der Waals surface area (Å²) in [5, 5.41) is 12.0. The maximum Gasteiger partial charge on any atom is 0.138 e. The van der Waals surface area contributed by atoms with Gasteiger partial charge in [-0.1, -0.05) is 67.3 Å². The molecule has 33 heavy (non-hydrogen) atoms. The number of likely N-dealkylation sites (N-methyl/N-ethyl adjacent to an activating group) is 1. The van der Waals surface area contributed by atoms with Crippen LogP contribution in [0.25, 0.3) is 0 Å². The van der Waals surface area contributed by atoms with Crippen molar-refractivity contribution in [2.45, 2.75) is 56.8 Å². The maximum absolute atomic E-state index is 11.3. The van der Waals surface area contributed by atoms with Gasteiger partial charge in [-0.3, -0.25) is 4.90 Å². The molecule has 1 heterocycles. The van der Waals surface area contributed by atoms with Crippen molar-refractivity contribution in [1.82, 2.24) is 9.80 Å². The normalized spacial score (nSPS) is 19.7. The van der Waals surface area contributed by atoms with Gasteiger partial charge in [-0.05, 0) is 49.6 Å². The van der Waals surface area contributed by atoms with Gasteiger partial charge in [0.25, 0.3) is 0 Å². The molecule has 0 amide bonds. The molecule has 0 spiro atoms. The maximum atomic E-state index is 11.3. The molecule has 2 aromatic rings. The highest BCUT2D eigenvalue weighted by atomic mass is 35.5. The second-order valence-corrected chi connectivity index (χ2v) is 9.72. The van der Waals surface area contributed by atoms with E-state index in [1.807, 2.05) is 24.3 Å². The third-order valence-corrected chi connectivity index (χ3v) is 7.21. The van der Waals surface area contributed by atoms with Gasteiger partial charge in [0.15, 0.2) is 0 Å². The molecule has 184 valence electrons. The van der Waals surface area contributed by atoms with E-state index in [1.165, 1.54) is 12.0 Å². The Morgan fingerprint density at radius 3 is 2.27 bits per heavy atom. The average molecular weight is 516 g/mol. The molecule has 7 heteroatoms. The molecule has 2 fully saturated rings. The van der Waals surface area contributed by atoms with Crippen LogP contribution in [0, 0.1) is 0 Å². The molecule has 1 atom stereocenters. The molecule has 0 bridgehead atoms. The van der Waals surface area contributed by atoms with Gasteiger partial charge in [-0.2, -0.15) is 0 Å². The Bertz CT molecular complexity index is 839. The van der Waals surface area contributed by atoms with Crippen molar-refractivity contribution >= 4 is 36.4 Å². The fourth-order valence-electron chi connectivity index (χ4n) is 4.94. The lowest BCUT2D eigenvalue weighted by molar-refractivity contribution is -0.0332. The van der Waals surface area contributed by atoms with Crippen LogP contribution in [0.5, 0.6) is 5.75 Å². The summed E-state index contributed by atoms with van der Waals surface area (Å²) in [5.41, 5.74) is 1.74. The number of halogens is 3. The molecular weight excluding hydrogens is 479 g/mol. The first-order valence-electron chi connectivity index (χ1n) is 11.6. The Kier molecular flexibility index (Phi) is 11.3. The first-order chi connectivity index (χ1) is 15.0. The van der Waals surface area contributed by atoms with Crippen molar-refractivity contribution in [3.05, 3.63) is 64.7 Å². The molecule has 4 nitrogen and oxygen atoms in total. The quantitative estimate of drug-likeness (QED) is 0.481. The Morgan fingerprint density at radius 1 is 0.970 bits per heavy atom. The van der Waals surface area contributed by atoms with Crippen molar-refractivity contribution in [3.63, 3.8) is 0 Å². The minimum atomic E-state index is -0.568. The second kappa shape index (κ2) is 13.2. The van der Waals surface area contributed by atoms with E-state index < -0.39 is 5.60 Å². The molecule has 0 radical (unpaired) electrons. The van der Waals surface area contributed by atoms with Crippen LogP contribution in [-0.2, 0) is 6.61 Å². The number of aliphatic hydroxyl groups is 1. The van der Waals surface area contributed by atoms with Crippen molar-refractivity contribution in [3.8, 4) is 5.75 Å². The number of hydrogen-bond acceptors (Lipinski definition) is 4. The number of nitrogens with zero attached hydrogens (tertiary/aromatic N) is 2. The summed E-state index contributed by atoms with van der Waals surface area (Å²) < 4.78 is 5.99. The van der Waals surface area contributed by atoms with Gasteiger partial charge < -0.3 is 14.7 Å². The smallest absolute Gasteiger partial charge is 0.138 e. The predicted octanol–water partition coefficient (Wildman–Crippen LogP) is 6.14. The lowest BCUT2D eigenvalue weighted by atomic mass is 9.79. The topological polar surface area (TPSA) is 35.9 Å². The van der Waals surface area contributed by atoms with E-state index in [1.54, 1.807) is 0 Å². The highest BCUT2D eigenvalue weighted by Gasteiger charge is 2.36. The number of ether oxygens (including phenoxy) is 1. The Morgan fingerprint density at radius 2 is 1.64 bits per heavy atom. The van der Waals surface area contributed by atoms with Crippen molar-refractivity contribution in [2.24, 2.45) is 0 Å². The third-order valence-electron chi connectivity index (χ3n) is 6.91. The van der Waals surface area contributed by atoms with E-state index in [0.717, 1.165) is 63.8 Å². The van der Waals surface area contributed by atoms with E-state index in [9.17, 15) is 5.11 Å². The fourth-order valence-corrected chi connectivity index (χ4v) is 5.19. The lowest BCUT2D eigenvalue weighted by Crippen LogP contribution is -2.48. The van der Waals surface area contributed by atoms with Gasteiger partial charge in [0.05, 0.1) is 10.6 Å². The molecule has 0 aromatic heterocycles. The molecule has 2 aliphatic rings. The van der Waals surface area contributed by atoms with Crippen LogP contribution in [0.15, 0.2) is 48.5 Å². The van der Waals surface area contributed by atoms with Crippen LogP contribution in [0.4, 0.5) is 0 Å². The summed E-state index contributed by atoms with van der Waals surface area (Å²) in [6, 6.07) is 16.5. The first kappa shape index (κ1) is 28.2. The van der Waals surface area contributed by atoms with Gasteiger partial charge in [-0.15, -0.1) is 24.8 Å².